The number of hydrogen-bond donors (Lipinski definition) is 1. The van der Waals surface area contributed by atoms with Crippen LogP contribution in [0.25, 0.3) is 0 Å². The lowest BCUT2D eigenvalue weighted by atomic mass is 9.84. The summed E-state index contributed by atoms with van der Waals surface area (Å²) >= 11 is 0. The molecule has 3 aliphatic rings. The molecule has 18 heavy (non-hydrogen) atoms. The van der Waals surface area contributed by atoms with Crippen molar-refractivity contribution in [3.8, 4) is 0 Å². The second kappa shape index (κ2) is 5.65. The molecule has 0 aromatic carbocycles. The molecule has 3 rings (SSSR count). The Labute approximate surface area is 108 Å². The number of nitrogens with zero attached hydrogens (tertiary/aromatic N) is 2. The zero-order valence-electron chi connectivity index (χ0n) is 10.9. The van der Waals surface area contributed by atoms with Gasteiger partial charge in [0.2, 0.25) is 0 Å². The molecular formula is C13H23N3O2. The second-order valence-electron chi connectivity index (χ2n) is 5.67. The lowest BCUT2D eigenvalue weighted by molar-refractivity contribution is -0.133. The van der Waals surface area contributed by atoms with Gasteiger partial charge in [0.15, 0.2) is 0 Å². The zero-order chi connectivity index (χ0) is 12.4. The number of morpholine rings is 1. The van der Waals surface area contributed by atoms with E-state index in [0.717, 1.165) is 65.6 Å². The number of carbonyl (C=O) groups excluding carboxylic acids is 1. The van der Waals surface area contributed by atoms with Crippen LogP contribution in [0.5, 0.6) is 0 Å². The van der Waals surface area contributed by atoms with Crippen LogP contribution in [-0.4, -0.2) is 81.2 Å². The minimum absolute atomic E-state index is 0.238. The van der Waals surface area contributed by atoms with Gasteiger partial charge in [-0.2, -0.15) is 0 Å². The van der Waals surface area contributed by atoms with Crippen molar-refractivity contribution in [3.05, 3.63) is 0 Å². The number of piperidine rings is 2. The van der Waals surface area contributed by atoms with E-state index in [0.29, 0.717) is 5.78 Å². The molecule has 0 amide bonds. The standard InChI is InChI=1S/C13H23N3O2/c17-13-11-7-14-8-12(13)10-16(9-11)2-1-15-3-5-18-6-4-15/h11-12,14H,1-10H2. The first-order chi connectivity index (χ1) is 8.83. The van der Waals surface area contributed by atoms with Gasteiger partial charge in [-0.1, -0.05) is 0 Å². The number of fused-ring (bicyclic) bond motifs is 2. The maximum atomic E-state index is 12.0. The number of carbonyl (C=O) groups is 1. The normalized spacial score (nSPS) is 34.8. The first-order valence-electron chi connectivity index (χ1n) is 7.10. The molecule has 5 nitrogen and oxygen atoms in total. The van der Waals surface area contributed by atoms with Crippen molar-refractivity contribution in [2.75, 3.05) is 65.6 Å². The summed E-state index contributed by atoms with van der Waals surface area (Å²) in [5, 5.41) is 3.37. The minimum Gasteiger partial charge on any atom is -0.379 e. The summed E-state index contributed by atoms with van der Waals surface area (Å²) in [6.45, 7) is 9.72. The summed E-state index contributed by atoms with van der Waals surface area (Å²) in [4.78, 5) is 16.9. The van der Waals surface area contributed by atoms with Crippen molar-refractivity contribution in [1.82, 2.24) is 15.1 Å². The summed E-state index contributed by atoms with van der Waals surface area (Å²) in [5.74, 6) is 0.973. The molecule has 3 heterocycles. The number of hydrogen-bond acceptors (Lipinski definition) is 5. The van der Waals surface area contributed by atoms with Crippen molar-refractivity contribution in [3.63, 3.8) is 0 Å². The maximum absolute atomic E-state index is 12.0. The third-order valence-corrected chi connectivity index (χ3v) is 4.38. The summed E-state index contributed by atoms with van der Waals surface area (Å²) in [7, 11) is 0. The van der Waals surface area contributed by atoms with Gasteiger partial charge >= 0.3 is 0 Å². The molecule has 0 aromatic rings. The highest BCUT2D eigenvalue weighted by molar-refractivity contribution is 5.85. The predicted octanol–water partition coefficient (Wildman–Crippen LogP) is -0.961. The van der Waals surface area contributed by atoms with E-state index in [-0.39, 0.29) is 11.8 Å². The first kappa shape index (κ1) is 12.5. The molecule has 2 atom stereocenters. The molecule has 0 aliphatic carbocycles. The van der Waals surface area contributed by atoms with Gasteiger partial charge in [-0.3, -0.25) is 9.69 Å². The smallest absolute Gasteiger partial charge is 0.144 e. The van der Waals surface area contributed by atoms with Gasteiger partial charge in [0.1, 0.15) is 5.78 Å². The molecule has 3 saturated heterocycles. The van der Waals surface area contributed by atoms with Crippen molar-refractivity contribution in [1.29, 1.82) is 0 Å². The van der Waals surface area contributed by atoms with E-state index in [9.17, 15) is 4.79 Å². The molecule has 0 aromatic heterocycles. The second-order valence-corrected chi connectivity index (χ2v) is 5.67. The van der Waals surface area contributed by atoms with Crippen LogP contribution in [0, 0.1) is 11.8 Å². The van der Waals surface area contributed by atoms with E-state index in [1.807, 2.05) is 0 Å². The number of rotatable bonds is 3. The Kier molecular flexibility index (Phi) is 3.94. The molecule has 3 fully saturated rings. The van der Waals surface area contributed by atoms with Gasteiger partial charge in [0, 0.05) is 64.2 Å². The number of Topliss-reactive ketones (excluding diaryl/α,β-unsaturated/α-hetero) is 1. The van der Waals surface area contributed by atoms with Crippen LogP contribution in [-0.2, 0) is 9.53 Å². The third kappa shape index (κ3) is 2.74. The summed E-state index contributed by atoms with van der Waals surface area (Å²) < 4.78 is 5.36. The molecule has 2 bridgehead atoms. The quantitative estimate of drug-likeness (QED) is 0.702. The van der Waals surface area contributed by atoms with Gasteiger partial charge in [0.05, 0.1) is 13.2 Å². The van der Waals surface area contributed by atoms with Crippen LogP contribution in [0.15, 0.2) is 0 Å². The summed E-state index contributed by atoms with van der Waals surface area (Å²) in [5.41, 5.74) is 0. The molecule has 3 aliphatic heterocycles. The maximum Gasteiger partial charge on any atom is 0.144 e. The van der Waals surface area contributed by atoms with E-state index in [1.54, 1.807) is 0 Å². The first-order valence-corrected chi connectivity index (χ1v) is 7.10. The molecule has 5 heteroatoms. The molecule has 0 saturated carbocycles. The van der Waals surface area contributed by atoms with E-state index in [1.165, 1.54) is 0 Å². The summed E-state index contributed by atoms with van der Waals surface area (Å²) in [6, 6.07) is 0. The van der Waals surface area contributed by atoms with Crippen LogP contribution >= 0.6 is 0 Å². The largest absolute Gasteiger partial charge is 0.379 e. The van der Waals surface area contributed by atoms with E-state index >= 15 is 0 Å². The van der Waals surface area contributed by atoms with Gasteiger partial charge in [-0.15, -0.1) is 0 Å². The fraction of sp³-hybridized carbons (Fsp3) is 0.923. The number of ether oxygens (including phenoxy) is 1. The van der Waals surface area contributed by atoms with Crippen LogP contribution in [0.1, 0.15) is 0 Å². The highest BCUT2D eigenvalue weighted by Gasteiger charge is 2.37. The van der Waals surface area contributed by atoms with E-state index in [4.69, 9.17) is 4.74 Å². The topological polar surface area (TPSA) is 44.8 Å². The van der Waals surface area contributed by atoms with Gasteiger partial charge in [-0.25, -0.2) is 0 Å². The Bertz CT molecular complexity index is 289. The number of likely N-dealkylation sites (tertiary alicyclic amines) is 1. The molecular weight excluding hydrogens is 230 g/mol. The van der Waals surface area contributed by atoms with Crippen LogP contribution in [0.4, 0.5) is 0 Å². The Hall–Kier alpha value is -0.490. The van der Waals surface area contributed by atoms with E-state index < -0.39 is 0 Å². The predicted molar refractivity (Wildman–Crippen MR) is 68.6 cm³/mol. The lowest BCUT2D eigenvalue weighted by Gasteiger charge is -2.41. The van der Waals surface area contributed by atoms with Crippen molar-refractivity contribution < 1.29 is 9.53 Å². The average Bonchev–Trinajstić information content (AvgIpc) is 2.38. The summed E-state index contributed by atoms with van der Waals surface area (Å²) in [6.07, 6.45) is 0. The van der Waals surface area contributed by atoms with Crippen molar-refractivity contribution in [2.24, 2.45) is 11.8 Å². The Balaban J connectivity index is 1.47. The molecule has 0 spiro atoms. The Morgan fingerprint density at radius 1 is 1.06 bits per heavy atom. The highest BCUT2D eigenvalue weighted by atomic mass is 16.5. The highest BCUT2D eigenvalue weighted by Crippen LogP contribution is 2.20. The molecule has 102 valence electrons. The average molecular weight is 253 g/mol. The van der Waals surface area contributed by atoms with Crippen LogP contribution < -0.4 is 5.32 Å². The zero-order valence-corrected chi connectivity index (χ0v) is 10.9. The number of nitrogens with one attached hydrogen (secondary N) is 1. The fourth-order valence-electron chi connectivity index (χ4n) is 3.26. The van der Waals surface area contributed by atoms with Gasteiger partial charge in [-0.05, 0) is 0 Å². The third-order valence-electron chi connectivity index (χ3n) is 4.38. The Morgan fingerprint density at radius 3 is 2.33 bits per heavy atom. The SMILES string of the molecule is O=C1C2CNCC1CN(CCN1CCOCC1)C2. The van der Waals surface area contributed by atoms with Crippen molar-refractivity contribution in [2.45, 2.75) is 0 Å². The minimum atomic E-state index is 0.238. The molecule has 2 unspecified atom stereocenters. The lowest BCUT2D eigenvalue weighted by Crippen LogP contribution is -2.58. The Morgan fingerprint density at radius 2 is 1.67 bits per heavy atom. The van der Waals surface area contributed by atoms with E-state index in [2.05, 4.69) is 15.1 Å². The monoisotopic (exact) mass is 253 g/mol. The fourth-order valence-corrected chi connectivity index (χ4v) is 3.26. The number of ketones is 1. The van der Waals surface area contributed by atoms with Gasteiger partial charge in [0.25, 0.3) is 0 Å². The van der Waals surface area contributed by atoms with Crippen LogP contribution in [0.2, 0.25) is 0 Å². The van der Waals surface area contributed by atoms with Crippen LogP contribution in [0.3, 0.4) is 0 Å². The molecule has 1 N–H and O–H groups in total. The van der Waals surface area contributed by atoms with Crippen molar-refractivity contribution >= 4 is 5.78 Å². The molecule has 0 radical (unpaired) electrons. The van der Waals surface area contributed by atoms with Gasteiger partial charge < -0.3 is 15.0 Å².